The minimum Gasteiger partial charge on any atom is -0.459 e. The van der Waals surface area contributed by atoms with Gasteiger partial charge in [0.2, 0.25) is 5.91 Å². The molecule has 0 radical (unpaired) electrons. The van der Waals surface area contributed by atoms with E-state index in [-0.39, 0.29) is 24.1 Å². The Morgan fingerprint density at radius 1 is 1.14 bits per heavy atom. The van der Waals surface area contributed by atoms with Crippen LogP contribution in [0.2, 0.25) is 0 Å². The van der Waals surface area contributed by atoms with Gasteiger partial charge in [-0.3, -0.25) is 9.59 Å². The van der Waals surface area contributed by atoms with E-state index >= 15 is 0 Å². The minimum atomic E-state index is -0.267. The second-order valence-corrected chi connectivity index (χ2v) is 6.96. The number of carbonyl (C=O) groups is 1. The number of fused-ring (bicyclic) bond motifs is 2. The lowest BCUT2D eigenvalue weighted by Crippen LogP contribution is -2.36. The third-order valence-electron chi connectivity index (χ3n) is 5.17. The van der Waals surface area contributed by atoms with Crippen molar-refractivity contribution >= 4 is 27.6 Å². The van der Waals surface area contributed by atoms with Crippen molar-refractivity contribution in [3.63, 3.8) is 0 Å². The van der Waals surface area contributed by atoms with Crippen molar-refractivity contribution in [2.75, 3.05) is 7.05 Å². The maximum Gasteiger partial charge on any atom is 0.275 e. The summed E-state index contributed by atoms with van der Waals surface area (Å²) in [7, 11) is 1.71. The summed E-state index contributed by atoms with van der Waals surface area (Å²) in [6, 6.07) is 16.7. The molecule has 0 aliphatic heterocycles. The van der Waals surface area contributed by atoms with Gasteiger partial charge in [0.15, 0.2) is 0 Å². The van der Waals surface area contributed by atoms with Crippen LogP contribution < -0.4 is 5.56 Å². The number of amides is 1. The van der Waals surface area contributed by atoms with E-state index in [0.29, 0.717) is 11.1 Å². The number of likely N-dealkylation sites (N-methyl/N-ethyl adjacent to an activating group) is 1. The first-order valence-corrected chi connectivity index (χ1v) is 9.16. The number of carbonyl (C=O) groups excluding carboxylic acids is 1. The molecule has 1 atom stereocenters. The van der Waals surface area contributed by atoms with Gasteiger partial charge in [-0.1, -0.05) is 36.4 Å². The van der Waals surface area contributed by atoms with E-state index < -0.39 is 0 Å². The first-order valence-electron chi connectivity index (χ1n) is 9.16. The molecular weight excluding hydrogens is 354 g/mol. The molecule has 0 spiro atoms. The Morgan fingerprint density at radius 2 is 1.82 bits per heavy atom. The summed E-state index contributed by atoms with van der Waals surface area (Å²) in [6.45, 7) is 3.62. The molecule has 0 aliphatic rings. The zero-order valence-corrected chi connectivity index (χ0v) is 16.0. The van der Waals surface area contributed by atoms with Crippen molar-refractivity contribution in [3.8, 4) is 0 Å². The first-order chi connectivity index (χ1) is 13.5. The third-order valence-corrected chi connectivity index (χ3v) is 5.17. The van der Waals surface area contributed by atoms with Crippen LogP contribution in [0.4, 0.5) is 0 Å². The van der Waals surface area contributed by atoms with Gasteiger partial charge in [-0.15, -0.1) is 0 Å². The van der Waals surface area contributed by atoms with Gasteiger partial charge in [0, 0.05) is 17.8 Å². The number of benzene rings is 2. The Kier molecular flexibility index (Phi) is 4.47. The van der Waals surface area contributed by atoms with Crippen LogP contribution in [0.3, 0.4) is 0 Å². The maximum absolute atomic E-state index is 12.8. The quantitative estimate of drug-likeness (QED) is 0.546. The van der Waals surface area contributed by atoms with Gasteiger partial charge in [-0.25, -0.2) is 4.68 Å². The Morgan fingerprint density at radius 3 is 2.57 bits per heavy atom. The van der Waals surface area contributed by atoms with Gasteiger partial charge in [-0.05, 0) is 32.0 Å². The van der Waals surface area contributed by atoms with E-state index in [1.807, 2.05) is 62.4 Å². The topological polar surface area (TPSA) is 68.3 Å². The van der Waals surface area contributed by atoms with Crippen LogP contribution in [-0.2, 0) is 11.3 Å². The van der Waals surface area contributed by atoms with Crippen molar-refractivity contribution in [1.29, 1.82) is 0 Å². The number of aryl methyl sites for hydroxylation is 1. The molecule has 2 heterocycles. The summed E-state index contributed by atoms with van der Waals surface area (Å²) in [5.41, 5.74) is 1.24. The average Bonchev–Trinajstić information content (AvgIpc) is 3.15. The number of nitrogens with zero attached hydrogens (tertiary/aromatic N) is 3. The van der Waals surface area contributed by atoms with E-state index in [1.54, 1.807) is 18.0 Å². The summed E-state index contributed by atoms with van der Waals surface area (Å²) in [6.07, 6.45) is 0. The van der Waals surface area contributed by atoms with Gasteiger partial charge in [0.1, 0.15) is 17.9 Å². The highest BCUT2D eigenvalue weighted by Gasteiger charge is 2.22. The van der Waals surface area contributed by atoms with Crippen molar-refractivity contribution < 1.29 is 9.21 Å². The lowest BCUT2D eigenvalue weighted by Gasteiger charge is -2.23. The molecule has 0 saturated carbocycles. The smallest absolute Gasteiger partial charge is 0.275 e. The van der Waals surface area contributed by atoms with Crippen LogP contribution in [-0.4, -0.2) is 27.6 Å². The van der Waals surface area contributed by atoms with Crippen molar-refractivity contribution in [2.45, 2.75) is 26.4 Å². The molecule has 4 aromatic rings. The van der Waals surface area contributed by atoms with Crippen LogP contribution in [0.5, 0.6) is 0 Å². The van der Waals surface area contributed by atoms with Crippen molar-refractivity contribution in [3.05, 3.63) is 76.4 Å². The molecule has 142 valence electrons. The molecule has 1 amide bonds. The molecule has 6 nitrogen and oxygen atoms in total. The molecule has 0 saturated heterocycles. The fourth-order valence-corrected chi connectivity index (χ4v) is 3.37. The highest BCUT2D eigenvalue weighted by atomic mass is 16.3. The molecule has 0 N–H and O–H groups in total. The monoisotopic (exact) mass is 375 g/mol. The highest BCUT2D eigenvalue weighted by molar-refractivity contribution is 5.84. The van der Waals surface area contributed by atoms with Gasteiger partial charge in [-0.2, -0.15) is 5.10 Å². The van der Waals surface area contributed by atoms with Gasteiger partial charge >= 0.3 is 0 Å². The predicted molar refractivity (Wildman–Crippen MR) is 108 cm³/mol. The second kappa shape index (κ2) is 6.96. The number of furan rings is 1. The second-order valence-electron chi connectivity index (χ2n) is 6.96. The van der Waals surface area contributed by atoms with E-state index in [4.69, 9.17) is 4.42 Å². The zero-order chi connectivity index (χ0) is 19.8. The molecular formula is C22H21N3O3. The summed E-state index contributed by atoms with van der Waals surface area (Å²) < 4.78 is 7.11. The fourth-order valence-electron chi connectivity index (χ4n) is 3.37. The summed E-state index contributed by atoms with van der Waals surface area (Å²) >= 11 is 0. The van der Waals surface area contributed by atoms with E-state index in [9.17, 15) is 9.59 Å². The summed E-state index contributed by atoms with van der Waals surface area (Å²) in [5.74, 6) is 0.490. The van der Waals surface area contributed by atoms with Crippen LogP contribution in [0, 0.1) is 6.92 Å². The largest absolute Gasteiger partial charge is 0.459 e. The number of hydrogen-bond acceptors (Lipinski definition) is 4. The van der Waals surface area contributed by atoms with Crippen LogP contribution in [0.1, 0.15) is 24.4 Å². The Hall–Kier alpha value is -3.41. The Bertz CT molecular complexity index is 1210. The molecule has 2 aromatic carbocycles. The molecule has 0 unspecified atom stereocenters. The predicted octanol–water partition coefficient (Wildman–Crippen LogP) is 3.67. The van der Waals surface area contributed by atoms with Crippen molar-refractivity contribution in [1.82, 2.24) is 14.7 Å². The lowest BCUT2D eigenvalue weighted by molar-refractivity contribution is -0.133. The van der Waals surface area contributed by atoms with Gasteiger partial charge in [0.25, 0.3) is 5.56 Å². The van der Waals surface area contributed by atoms with E-state index in [1.165, 1.54) is 4.68 Å². The average molecular weight is 375 g/mol. The van der Waals surface area contributed by atoms with E-state index in [0.717, 1.165) is 22.0 Å². The Labute approximate surface area is 162 Å². The van der Waals surface area contributed by atoms with Crippen LogP contribution in [0.25, 0.3) is 21.7 Å². The highest BCUT2D eigenvalue weighted by Crippen LogP contribution is 2.26. The first kappa shape index (κ1) is 18.0. The molecule has 0 bridgehead atoms. The standard InChI is InChI=1S/C22H21N3O3/c1-14-17-9-5-6-10-18(17)22(27)25(23-14)13-21(26)24(3)15(2)20-12-16-8-4-7-11-19(16)28-20/h4-12,15H,13H2,1-3H3/t15-/m0/s1. The fraction of sp³-hybridized carbons (Fsp3) is 0.227. The number of para-hydroxylation sites is 1. The number of rotatable bonds is 4. The van der Waals surface area contributed by atoms with Crippen LogP contribution >= 0.6 is 0 Å². The molecule has 28 heavy (non-hydrogen) atoms. The molecule has 2 aromatic heterocycles. The van der Waals surface area contributed by atoms with Crippen LogP contribution in [0.15, 0.2) is 63.8 Å². The SMILES string of the molecule is Cc1nn(CC(=O)N(C)[C@@H](C)c2cc3ccccc3o2)c(=O)c2ccccc12. The number of aromatic nitrogens is 2. The lowest BCUT2D eigenvalue weighted by atomic mass is 10.1. The number of hydrogen-bond donors (Lipinski definition) is 0. The molecule has 6 heteroatoms. The maximum atomic E-state index is 12.8. The van der Waals surface area contributed by atoms with Gasteiger partial charge in [0.05, 0.1) is 17.1 Å². The minimum absolute atomic E-state index is 0.119. The summed E-state index contributed by atoms with van der Waals surface area (Å²) in [4.78, 5) is 27.1. The van der Waals surface area contributed by atoms with E-state index in [2.05, 4.69) is 5.10 Å². The normalized spacial score (nSPS) is 12.4. The molecule has 0 aliphatic carbocycles. The zero-order valence-electron chi connectivity index (χ0n) is 16.0. The van der Waals surface area contributed by atoms with Gasteiger partial charge < -0.3 is 9.32 Å². The molecule has 4 rings (SSSR count). The third kappa shape index (κ3) is 3.07. The summed E-state index contributed by atoms with van der Waals surface area (Å²) in [5, 5.41) is 6.69. The molecule has 0 fully saturated rings. The van der Waals surface area contributed by atoms with Crippen molar-refractivity contribution in [2.24, 2.45) is 0 Å². The Balaban J connectivity index is 1.60.